The van der Waals surface area contributed by atoms with Crippen LogP contribution in [-0.2, 0) is 19.4 Å². The van der Waals surface area contributed by atoms with Crippen LogP contribution in [0.2, 0.25) is 0 Å². The summed E-state index contributed by atoms with van der Waals surface area (Å²) >= 11 is 1.62. The zero-order chi connectivity index (χ0) is 17.2. The lowest BCUT2D eigenvalue weighted by atomic mass is 9.99. The highest BCUT2D eigenvalue weighted by molar-refractivity contribution is 7.14. The number of hydrogen-bond donors (Lipinski definition) is 0. The molecule has 4 rings (SSSR count). The van der Waals surface area contributed by atoms with E-state index < -0.39 is 0 Å². The van der Waals surface area contributed by atoms with Crippen molar-refractivity contribution in [3.8, 4) is 11.4 Å². The van der Waals surface area contributed by atoms with Crippen LogP contribution < -0.4 is 0 Å². The number of aromatic nitrogens is 3. The SMILES string of the molecule is CN(Cc1nc(-c2ccncc2)no1)C(=O)c1cc2c(s1)CCCC2. The molecule has 0 atom stereocenters. The standard InChI is InChI=1S/C18H18N4O2S/c1-22(18(23)15-10-13-4-2-3-5-14(13)25-15)11-16-20-17(21-24-16)12-6-8-19-9-7-12/h6-10H,2-5,11H2,1H3. The molecule has 6 nitrogen and oxygen atoms in total. The highest BCUT2D eigenvalue weighted by atomic mass is 32.1. The summed E-state index contributed by atoms with van der Waals surface area (Å²) in [6, 6.07) is 5.69. The summed E-state index contributed by atoms with van der Waals surface area (Å²) in [5.41, 5.74) is 2.18. The van der Waals surface area contributed by atoms with Gasteiger partial charge in [-0.25, -0.2) is 0 Å². The first-order valence-corrected chi connectivity index (χ1v) is 9.12. The Balaban J connectivity index is 1.46. The van der Waals surface area contributed by atoms with Gasteiger partial charge in [0.05, 0.1) is 4.88 Å². The molecule has 0 bridgehead atoms. The zero-order valence-electron chi connectivity index (χ0n) is 13.9. The van der Waals surface area contributed by atoms with Crippen molar-refractivity contribution in [3.63, 3.8) is 0 Å². The van der Waals surface area contributed by atoms with Crippen molar-refractivity contribution in [1.29, 1.82) is 0 Å². The van der Waals surface area contributed by atoms with Crippen LogP contribution in [0.4, 0.5) is 0 Å². The van der Waals surface area contributed by atoms with E-state index in [-0.39, 0.29) is 5.91 Å². The molecule has 0 saturated carbocycles. The van der Waals surface area contributed by atoms with Gasteiger partial charge in [0.2, 0.25) is 11.7 Å². The Morgan fingerprint density at radius 3 is 2.88 bits per heavy atom. The monoisotopic (exact) mass is 354 g/mol. The molecule has 1 aliphatic rings. The molecule has 1 amide bonds. The van der Waals surface area contributed by atoms with E-state index in [4.69, 9.17) is 4.52 Å². The average molecular weight is 354 g/mol. The summed E-state index contributed by atoms with van der Waals surface area (Å²) in [5, 5.41) is 3.98. The van der Waals surface area contributed by atoms with E-state index in [2.05, 4.69) is 15.1 Å². The molecule has 1 aliphatic carbocycles. The Bertz CT molecular complexity index is 864. The third-order valence-corrected chi connectivity index (χ3v) is 5.56. The van der Waals surface area contributed by atoms with E-state index in [1.165, 1.54) is 23.3 Å². The lowest BCUT2D eigenvalue weighted by Gasteiger charge is -2.13. The number of nitrogens with zero attached hydrogens (tertiary/aromatic N) is 4. The van der Waals surface area contributed by atoms with Gasteiger partial charge in [0.25, 0.3) is 5.91 Å². The van der Waals surface area contributed by atoms with Crippen molar-refractivity contribution in [2.75, 3.05) is 7.05 Å². The summed E-state index contributed by atoms with van der Waals surface area (Å²) in [4.78, 5) is 24.8. The molecule has 0 spiro atoms. The molecule has 0 fully saturated rings. The van der Waals surface area contributed by atoms with Crippen molar-refractivity contribution in [2.45, 2.75) is 32.2 Å². The quantitative estimate of drug-likeness (QED) is 0.718. The summed E-state index contributed by atoms with van der Waals surface area (Å²) in [7, 11) is 1.76. The largest absolute Gasteiger partial charge is 0.337 e. The van der Waals surface area contributed by atoms with Gasteiger partial charge in [0.1, 0.15) is 6.54 Å². The predicted molar refractivity (Wildman–Crippen MR) is 94.3 cm³/mol. The number of hydrogen-bond acceptors (Lipinski definition) is 6. The van der Waals surface area contributed by atoms with Gasteiger partial charge in [-0.3, -0.25) is 9.78 Å². The molecular formula is C18H18N4O2S. The molecular weight excluding hydrogens is 336 g/mol. The van der Waals surface area contributed by atoms with Crippen LogP contribution in [0.15, 0.2) is 35.1 Å². The molecule has 0 unspecified atom stereocenters. The van der Waals surface area contributed by atoms with E-state index in [9.17, 15) is 4.79 Å². The Morgan fingerprint density at radius 2 is 2.08 bits per heavy atom. The van der Waals surface area contributed by atoms with E-state index in [0.29, 0.717) is 18.3 Å². The molecule has 3 aromatic heterocycles. The predicted octanol–water partition coefficient (Wildman–Crippen LogP) is 3.34. The number of rotatable bonds is 4. The van der Waals surface area contributed by atoms with Crippen LogP contribution in [0.5, 0.6) is 0 Å². The molecule has 3 aromatic rings. The van der Waals surface area contributed by atoms with Crippen molar-refractivity contribution >= 4 is 17.2 Å². The summed E-state index contributed by atoms with van der Waals surface area (Å²) < 4.78 is 5.29. The molecule has 0 N–H and O–H groups in total. The molecule has 0 radical (unpaired) electrons. The van der Waals surface area contributed by atoms with Crippen LogP contribution in [0.1, 0.15) is 38.8 Å². The maximum Gasteiger partial charge on any atom is 0.264 e. The van der Waals surface area contributed by atoms with Crippen LogP contribution in [0.25, 0.3) is 11.4 Å². The summed E-state index contributed by atoms with van der Waals surface area (Å²) in [6.45, 7) is 0.291. The average Bonchev–Trinajstić information content (AvgIpc) is 3.28. The normalized spacial score (nSPS) is 13.5. The third kappa shape index (κ3) is 3.32. The van der Waals surface area contributed by atoms with E-state index >= 15 is 0 Å². The number of aryl methyl sites for hydroxylation is 2. The molecule has 0 aliphatic heterocycles. The van der Waals surface area contributed by atoms with Gasteiger partial charge in [-0.2, -0.15) is 4.98 Å². The fraction of sp³-hybridized carbons (Fsp3) is 0.333. The minimum Gasteiger partial charge on any atom is -0.337 e. The maximum absolute atomic E-state index is 12.7. The number of carbonyl (C=O) groups excluding carboxylic acids is 1. The number of thiophene rings is 1. The first-order valence-electron chi connectivity index (χ1n) is 8.31. The second-order valence-electron chi connectivity index (χ2n) is 6.17. The molecule has 7 heteroatoms. The third-order valence-electron chi connectivity index (χ3n) is 4.33. The molecule has 0 aromatic carbocycles. The van der Waals surface area contributed by atoms with Crippen molar-refractivity contribution < 1.29 is 9.32 Å². The second kappa shape index (κ2) is 6.76. The van der Waals surface area contributed by atoms with Gasteiger partial charge in [-0.1, -0.05) is 5.16 Å². The van der Waals surface area contributed by atoms with Crippen molar-refractivity contribution in [1.82, 2.24) is 20.0 Å². The van der Waals surface area contributed by atoms with Gasteiger partial charge in [0, 0.05) is 29.9 Å². The Labute approximate surface area is 149 Å². The first-order chi connectivity index (χ1) is 12.2. The fourth-order valence-electron chi connectivity index (χ4n) is 3.00. The fourth-order valence-corrected chi connectivity index (χ4v) is 4.24. The highest BCUT2D eigenvalue weighted by Crippen LogP contribution is 2.30. The number of amides is 1. The van der Waals surface area contributed by atoms with Gasteiger partial charge in [-0.05, 0) is 49.4 Å². The van der Waals surface area contributed by atoms with E-state index in [1.54, 1.807) is 35.7 Å². The maximum atomic E-state index is 12.7. The van der Waals surface area contributed by atoms with Crippen molar-refractivity contribution in [3.05, 3.63) is 51.8 Å². The second-order valence-corrected chi connectivity index (χ2v) is 7.31. The van der Waals surface area contributed by atoms with E-state index in [1.807, 2.05) is 18.2 Å². The zero-order valence-corrected chi connectivity index (χ0v) is 14.8. The molecule has 128 valence electrons. The van der Waals surface area contributed by atoms with Gasteiger partial charge in [-0.15, -0.1) is 11.3 Å². The van der Waals surface area contributed by atoms with Crippen LogP contribution >= 0.6 is 11.3 Å². The van der Waals surface area contributed by atoms with Crippen LogP contribution in [0.3, 0.4) is 0 Å². The van der Waals surface area contributed by atoms with Gasteiger partial charge >= 0.3 is 0 Å². The highest BCUT2D eigenvalue weighted by Gasteiger charge is 2.21. The van der Waals surface area contributed by atoms with E-state index in [0.717, 1.165) is 23.3 Å². The van der Waals surface area contributed by atoms with Gasteiger partial charge in [0.15, 0.2) is 0 Å². The lowest BCUT2D eigenvalue weighted by molar-refractivity contribution is 0.0774. The minimum atomic E-state index is 0.00283. The van der Waals surface area contributed by atoms with Crippen molar-refractivity contribution in [2.24, 2.45) is 0 Å². The minimum absolute atomic E-state index is 0.00283. The summed E-state index contributed by atoms with van der Waals surface area (Å²) in [6.07, 6.45) is 7.97. The number of pyridine rings is 1. The molecule has 3 heterocycles. The Morgan fingerprint density at radius 1 is 1.28 bits per heavy atom. The summed E-state index contributed by atoms with van der Waals surface area (Å²) in [5.74, 6) is 0.928. The van der Waals surface area contributed by atoms with Gasteiger partial charge < -0.3 is 9.42 Å². The van der Waals surface area contributed by atoms with Crippen LogP contribution in [-0.4, -0.2) is 33.0 Å². The number of carbonyl (C=O) groups is 1. The molecule has 25 heavy (non-hydrogen) atoms. The smallest absolute Gasteiger partial charge is 0.264 e. The Kier molecular flexibility index (Phi) is 4.31. The molecule has 0 saturated heterocycles. The number of fused-ring (bicyclic) bond motifs is 1. The lowest BCUT2D eigenvalue weighted by Crippen LogP contribution is -2.25. The Hall–Kier alpha value is -2.54. The first kappa shape index (κ1) is 16.0. The topological polar surface area (TPSA) is 72.1 Å². The van der Waals surface area contributed by atoms with Crippen LogP contribution in [0, 0.1) is 0 Å².